The fourth-order valence-corrected chi connectivity index (χ4v) is 8.15. The monoisotopic (exact) mass is 376 g/mol. The molecule has 4 rings (SSSR count). The largest absolute Gasteiger partial charge is 0.299 e. The molecule has 0 bridgehead atoms. The molecule has 0 amide bonds. The maximum atomic E-state index is 12.4. The van der Waals surface area contributed by atoms with Crippen molar-refractivity contribution in [3.05, 3.63) is 11.6 Å². The van der Waals surface area contributed by atoms with Crippen molar-refractivity contribution in [1.82, 2.24) is 0 Å². The number of hydrogen-bond acceptors (Lipinski definition) is 4. The second kappa shape index (κ2) is 5.88. The van der Waals surface area contributed by atoms with Crippen molar-refractivity contribution in [1.29, 1.82) is 0 Å². The molecule has 4 aliphatic rings. The molecule has 3 fully saturated rings. The highest BCUT2D eigenvalue weighted by Gasteiger charge is 2.61. The summed E-state index contributed by atoms with van der Waals surface area (Å²) in [7, 11) is -2.28. The van der Waals surface area contributed by atoms with Crippen LogP contribution in [0.2, 0.25) is 0 Å². The fraction of sp³-hybridized carbons (Fsp3) is 0.762. The molecule has 0 aromatic rings. The molecule has 0 radical (unpaired) electrons. The van der Waals surface area contributed by atoms with Gasteiger partial charge in [0.2, 0.25) is 10.3 Å². The number of allylic oxidation sites excluding steroid dienone is 1. The summed E-state index contributed by atoms with van der Waals surface area (Å²) in [6, 6.07) is 0. The van der Waals surface area contributed by atoms with E-state index < -0.39 is 16.2 Å². The highest BCUT2D eigenvalue weighted by Crippen LogP contribution is 2.66. The summed E-state index contributed by atoms with van der Waals surface area (Å²) in [6.45, 7) is 6.02. The standard InChI is InChI=1S/C21H28O4S/c1-12(22)19-18(26(24)25)11-17-15-5-4-13-10-14(23)6-8-20(13,2)16(15)7-9-21(17,19)3/h10,15-17,19H,4-9,11H2,1-3H3/t15-,16+,17+,19+,20+,21+/m1/s1. The van der Waals surface area contributed by atoms with E-state index in [1.54, 1.807) is 6.92 Å². The molecule has 0 saturated heterocycles. The van der Waals surface area contributed by atoms with Crippen LogP contribution in [0, 0.1) is 34.5 Å². The van der Waals surface area contributed by atoms with Crippen LogP contribution < -0.4 is 0 Å². The molecule has 0 aromatic heterocycles. The average Bonchev–Trinajstić information content (AvgIpc) is 2.89. The number of carbonyl (C=O) groups excluding carboxylic acids is 2. The Hall–Kier alpha value is -1.23. The van der Waals surface area contributed by atoms with Crippen molar-refractivity contribution in [2.24, 2.45) is 34.5 Å². The van der Waals surface area contributed by atoms with Crippen molar-refractivity contribution in [3.63, 3.8) is 0 Å². The Morgan fingerprint density at radius 1 is 1.12 bits per heavy atom. The smallest absolute Gasteiger partial charge is 0.213 e. The van der Waals surface area contributed by atoms with E-state index in [-0.39, 0.29) is 28.3 Å². The average molecular weight is 377 g/mol. The molecule has 0 N–H and O–H groups in total. The number of Topliss-reactive ketones (excluding diaryl/α,β-unsaturated/α-hetero) is 1. The highest BCUT2D eigenvalue weighted by atomic mass is 32.2. The van der Waals surface area contributed by atoms with Crippen molar-refractivity contribution in [3.8, 4) is 0 Å². The lowest BCUT2D eigenvalue weighted by molar-refractivity contribution is -0.126. The van der Waals surface area contributed by atoms with Gasteiger partial charge in [0.05, 0.1) is 10.8 Å². The molecule has 5 heteroatoms. The van der Waals surface area contributed by atoms with Gasteiger partial charge in [-0.1, -0.05) is 19.4 Å². The lowest BCUT2D eigenvalue weighted by Gasteiger charge is -2.57. The Bertz CT molecular complexity index is 843. The van der Waals surface area contributed by atoms with Crippen LogP contribution in [-0.4, -0.2) is 24.8 Å². The van der Waals surface area contributed by atoms with Gasteiger partial charge in [-0.3, -0.25) is 9.59 Å². The van der Waals surface area contributed by atoms with E-state index in [4.69, 9.17) is 0 Å². The van der Waals surface area contributed by atoms with Gasteiger partial charge in [-0.2, -0.15) is 8.42 Å². The van der Waals surface area contributed by atoms with Crippen molar-refractivity contribution in [2.75, 3.05) is 0 Å². The first-order valence-electron chi connectivity index (χ1n) is 9.88. The van der Waals surface area contributed by atoms with Crippen LogP contribution in [0.15, 0.2) is 11.6 Å². The Morgan fingerprint density at radius 2 is 1.85 bits per heavy atom. The maximum absolute atomic E-state index is 12.4. The van der Waals surface area contributed by atoms with Gasteiger partial charge >= 0.3 is 0 Å². The quantitative estimate of drug-likeness (QED) is 0.658. The van der Waals surface area contributed by atoms with E-state index in [1.165, 1.54) is 5.57 Å². The molecule has 0 heterocycles. The van der Waals surface area contributed by atoms with Gasteiger partial charge in [-0.05, 0) is 80.1 Å². The number of carbonyl (C=O) groups is 2. The van der Waals surface area contributed by atoms with Crippen LogP contribution >= 0.6 is 0 Å². The zero-order valence-electron chi connectivity index (χ0n) is 15.9. The predicted octanol–water partition coefficient (Wildman–Crippen LogP) is 3.38. The molecule has 4 nitrogen and oxygen atoms in total. The first kappa shape index (κ1) is 18.1. The van der Waals surface area contributed by atoms with E-state index in [1.807, 2.05) is 6.08 Å². The minimum absolute atomic E-state index is 0.00137. The van der Waals surface area contributed by atoms with Crippen LogP contribution in [0.25, 0.3) is 0 Å². The normalized spacial score (nSPS) is 44.7. The lowest BCUT2D eigenvalue weighted by atomic mass is 9.47. The molecule has 6 atom stereocenters. The Kier molecular flexibility index (Phi) is 4.11. The number of hydrogen-bond donors (Lipinski definition) is 0. The Morgan fingerprint density at radius 3 is 2.50 bits per heavy atom. The third-order valence-corrected chi connectivity index (χ3v) is 9.25. The summed E-state index contributed by atoms with van der Waals surface area (Å²) in [6.07, 6.45) is 7.88. The zero-order chi connectivity index (χ0) is 18.9. The predicted molar refractivity (Wildman–Crippen MR) is 100 cm³/mol. The van der Waals surface area contributed by atoms with Crippen molar-refractivity contribution < 1.29 is 18.0 Å². The van der Waals surface area contributed by atoms with E-state index in [0.717, 1.165) is 32.1 Å². The van der Waals surface area contributed by atoms with Gasteiger partial charge in [0.15, 0.2) is 5.78 Å². The van der Waals surface area contributed by atoms with Crippen molar-refractivity contribution in [2.45, 2.75) is 65.7 Å². The molecule has 0 aromatic carbocycles. The van der Waals surface area contributed by atoms with Crippen LogP contribution in [0.4, 0.5) is 0 Å². The topological polar surface area (TPSA) is 68.3 Å². The van der Waals surface area contributed by atoms with Gasteiger partial charge in [0.25, 0.3) is 0 Å². The number of fused-ring (bicyclic) bond motifs is 5. The van der Waals surface area contributed by atoms with Gasteiger partial charge in [-0.25, -0.2) is 0 Å². The molecule has 0 unspecified atom stereocenters. The number of ketones is 2. The molecule has 3 saturated carbocycles. The molecule has 142 valence electrons. The summed E-state index contributed by atoms with van der Waals surface area (Å²) in [5, 5.41) is 0. The third kappa shape index (κ3) is 2.35. The van der Waals surface area contributed by atoms with Crippen LogP contribution in [0.1, 0.15) is 65.7 Å². The second-order valence-corrected chi connectivity index (χ2v) is 10.5. The van der Waals surface area contributed by atoms with E-state index in [9.17, 15) is 18.0 Å². The second-order valence-electron chi connectivity index (χ2n) is 9.46. The first-order valence-corrected chi connectivity index (χ1v) is 11.0. The zero-order valence-corrected chi connectivity index (χ0v) is 16.7. The SMILES string of the molecule is CC(=O)[C@H]1C(=S(=O)=O)C[C@H]2[C@@H]3CCC4=CC(=O)CC[C@]4(C)[C@H]3CC[C@]12C. The molecular weight excluding hydrogens is 348 g/mol. The summed E-state index contributed by atoms with van der Waals surface area (Å²) >= 11 is 0. The van der Waals surface area contributed by atoms with Crippen LogP contribution in [0.5, 0.6) is 0 Å². The van der Waals surface area contributed by atoms with Gasteiger partial charge in [-0.15, -0.1) is 0 Å². The molecule has 26 heavy (non-hydrogen) atoms. The van der Waals surface area contributed by atoms with E-state index in [2.05, 4.69) is 13.8 Å². The lowest BCUT2D eigenvalue weighted by Crippen LogP contribution is -2.51. The van der Waals surface area contributed by atoms with Gasteiger partial charge in [0, 0.05) is 6.42 Å². The van der Waals surface area contributed by atoms with Crippen LogP contribution in [-0.2, 0) is 19.9 Å². The maximum Gasteiger partial charge on any atom is 0.213 e. The van der Waals surface area contributed by atoms with Crippen LogP contribution in [0.3, 0.4) is 0 Å². The molecular formula is C21H28O4S. The van der Waals surface area contributed by atoms with Gasteiger partial charge in [0.1, 0.15) is 5.78 Å². The Balaban J connectivity index is 1.76. The summed E-state index contributed by atoms with van der Waals surface area (Å²) in [5.74, 6) is 1.03. The minimum Gasteiger partial charge on any atom is -0.299 e. The fourth-order valence-electron chi connectivity index (χ4n) is 7.21. The first-order chi connectivity index (χ1) is 12.2. The summed E-state index contributed by atoms with van der Waals surface area (Å²) in [5.41, 5.74) is 1.16. The molecule has 4 aliphatic carbocycles. The molecule has 0 aliphatic heterocycles. The van der Waals surface area contributed by atoms with E-state index in [0.29, 0.717) is 29.5 Å². The summed E-state index contributed by atoms with van der Waals surface area (Å²) < 4.78 is 23.7. The minimum atomic E-state index is -2.28. The van der Waals surface area contributed by atoms with Gasteiger partial charge < -0.3 is 0 Å². The van der Waals surface area contributed by atoms with Crippen molar-refractivity contribution >= 4 is 26.7 Å². The molecule has 0 spiro atoms. The summed E-state index contributed by atoms with van der Waals surface area (Å²) in [4.78, 5) is 24.7. The third-order valence-electron chi connectivity index (χ3n) is 8.42. The van der Waals surface area contributed by atoms with E-state index >= 15 is 0 Å². The highest BCUT2D eigenvalue weighted by molar-refractivity contribution is 7.73. The number of rotatable bonds is 1. The Labute approximate surface area is 157 Å².